The summed E-state index contributed by atoms with van der Waals surface area (Å²) < 4.78 is 19.4. The smallest absolute Gasteiger partial charge is 0.433 e. The second-order valence-electron chi connectivity index (χ2n) is 5.54. The minimum absolute atomic E-state index is 0.159. The summed E-state index contributed by atoms with van der Waals surface area (Å²) in [6.07, 6.45) is -0.813. The molecule has 27 heavy (non-hydrogen) atoms. The molecule has 1 aliphatic heterocycles. The molecule has 1 amide bonds. The molecular formula is C15H17FN6O5. The maximum absolute atomic E-state index is 13.3. The van der Waals surface area contributed by atoms with Crippen LogP contribution in [0.25, 0.3) is 5.69 Å². The Balaban J connectivity index is 1.66. The predicted molar refractivity (Wildman–Crippen MR) is 87.6 cm³/mol. The average molecular weight is 380 g/mol. The first-order valence-corrected chi connectivity index (χ1v) is 8.19. The highest BCUT2D eigenvalue weighted by molar-refractivity contribution is 5.75. The molecule has 0 unspecified atom stereocenters. The third kappa shape index (κ3) is 4.11. The monoisotopic (exact) mass is 380 g/mol. The number of carbonyl (C=O) groups excluding carboxylic acids is 2. The number of aromatic nitrogens is 4. The summed E-state index contributed by atoms with van der Waals surface area (Å²) in [5, 5.41) is 8.57. The van der Waals surface area contributed by atoms with Crippen molar-refractivity contribution in [1.29, 1.82) is 0 Å². The van der Waals surface area contributed by atoms with E-state index in [0.29, 0.717) is 4.68 Å². The van der Waals surface area contributed by atoms with Crippen molar-refractivity contribution >= 4 is 12.2 Å². The first-order chi connectivity index (χ1) is 13.0. The molecule has 2 heterocycles. The van der Waals surface area contributed by atoms with Gasteiger partial charge in [-0.2, -0.15) is 4.68 Å². The molecule has 0 saturated carbocycles. The maximum Gasteiger partial charge on any atom is 0.527 e. The summed E-state index contributed by atoms with van der Waals surface area (Å²) in [7, 11) is 0. The predicted octanol–water partition coefficient (Wildman–Crippen LogP) is 0.242. The topological polar surface area (TPSA) is 112 Å². The summed E-state index contributed by atoms with van der Waals surface area (Å²) in [5.41, 5.74) is -0.650. The molecule has 12 heteroatoms. The number of amides is 1. The molecule has 0 N–H and O–H groups in total. The highest BCUT2D eigenvalue weighted by Gasteiger charge is 2.27. The zero-order valence-electron chi connectivity index (χ0n) is 14.4. The van der Waals surface area contributed by atoms with Gasteiger partial charge in [0.1, 0.15) is 5.82 Å². The van der Waals surface area contributed by atoms with Crippen molar-refractivity contribution in [3.8, 4) is 5.69 Å². The van der Waals surface area contributed by atoms with Gasteiger partial charge in [0.15, 0.2) is 0 Å². The Morgan fingerprint density at radius 1 is 1.19 bits per heavy atom. The number of halogens is 1. The summed E-state index contributed by atoms with van der Waals surface area (Å²) in [6, 6.07) is 4.55. The highest BCUT2D eigenvalue weighted by atomic mass is 19.1. The van der Waals surface area contributed by atoms with Crippen LogP contribution in [0.15, 0.2) is 29.1 Å². The minimum Gasteiger partial charge on any atom is -0.433 e. The molecule has 144 valence electrons. The molecule has 11 nitrogen and oxygen atoms in total. The van der Waals surface area contributed by atoms with E-state index in [1.54, 1.807) is 6.92 Å². The fourth-order valence-electron chi connectivity index (χ4n) is 2.49. The van der Waals surface area contributed by atoms with Gasteiger partial charge in [0, 0.05) is 13.1 Å². The van der Waals surface area contributed by atoms with Crippen molar-refractivity contribution in [2.75, 3.05) is 32.8 Å². The minimum atomic E-state index is -0.813. The van der Waals surface area contributed by atoms with Crippen LogP contribution in [0.2, 0.25) is 0 Å². The first-order valence-electron chi connectivity index (χ1n) is 8.19. The number of nitrogens with zero attached hydrogens (tertiary/aromatic N) is 6. The van der Waals surface area contributed by atoms with Crippen LogP contribution in [0.1, 0.15) is 6.92 Å². The first kappa shape index (κ1) is 18.5. The van der Waals surface area contributed by atoms with Gasteiger partial charge < -0.3 is 14.5 Å². The van der Waals surface area contributed by atoms with E-state index in [1.807, 2.05) is 0 Å². The van der Waals surface area contributed by atoms with Gasteiger partial charge >= 0.3 is 17.9 Å². The number of hydrogen-bond donors (Lipinski definition) is 0. The number of benzene rings is 1. The standard InChI is InChI=1S/C15H17FN6O5/c1-2-26-15(25)27-20-8-6-19(7-9-20)13(23)22-14(24)21(17-18-22)12-5-3-4-11(16)10-12/h3-5,10H,2,6-9H2,1H3. The Morgan fingerprint density at radius 3 is 2.59 bits per heavy atom. The molecule has 0 aliphatic carbocycles. The normalized spacial score (nSPS) is 14.8. The van der Waals surface area contributed by atoms with Crippen LogP contribution in [0.3, 0.4) is 0 Å². The van der Waals surface area contributed by atoms with E-state index in [4.69, 9.17) is 4.84 Å². The SMILES string of the molecule is CCOC(=O)ON1CCN(C(=O)n2nnn(-c3cccc(F)c3)c2=O)CC1. The van der Waals surface area contributed by atoms with Gasteiger partial charge in [0.2, 0.25) is 0 Å². The van der Waals surface area contributed by atoms with Crippen molar-refractivity contribution in [2.45, 2.75) is 6.92 Å². The van der Waals surface area contributed by atoms with E-state index in [9.17, 15) is 18.8 Å². The van der Waals surface area contributed by atoms with E-state index in [-0.39, 0.29) is 38.5 Å². The molecule has 0 spiro atoms. The lowest BCUT2D eigenvalue weighted by molar-refractivity contribution is -0.141. The Bertz CT molecular complexity index is 889. The van der Waals surface area contributed by atoms with Crippen molar-refractivity contribution in [2.24, 2.45) is 0 Å². The van der Waals surface area contributed by atoms with Gasteiger partial charge in [-0.1, -0.05) is 6.07 Å². The molecule has 1 saturated heterocycles. The van der Waals surface area contributed by atoms with Gasteiger partial charge in [-0.05, 0) is 35.5 Å². The maximum atomic E-state index is 13.3. The van der Waals surface area contributed by atoms with E-state index in [2.05, 4.69) is 15.2 Å². The van der Waals surface area contributed by atoms with Gasteiger partial charge in [0.05, 0.1) is 25.4 Å². The Kier molecular flexibility index (Phi) is 5.45. The van der Waals surface area contributed by atoms with E-state index in [1.165, 1.54) is 28.2 Å². The summed E-state index contributed by atoms with van der Waals surface area (Å²) in [5.74, 6) is -0.544. The average Bonchev–Trinajstić information content (AvgIpc) is 3.03. The summed E-state index contributed by atoms with van der Waals surface area (Å²) in [4.78, 5) is 42.5. The third-order valence-corrected chi connectivity index (χ3v) is 3.79. The lowest BCUT2D eigenvalue weighted by Gasteiger charge is -2.32. The fraction of sp³-hybridized carbons (Fsp3) is 0.400. The quantitative estimate of drug-likeness (QED) is 0.550. The molecule has 1 aromatic carbocycles. The number of tetrazole rings is 1. The molecule has 3 rings (SSSR count). The van der Waals surface area contributed by atoms with Crippen LogP contribution in [0.4, 0.5) is 14.0 Å². The van der Waals surface area contributed by atoms with Crippen LogP contribution in [-0.4, -0.2) is 74.7 Å². The Labute approximate surface area is 152 Å². The van der Waals surface area contributed by atoms with Crippen LogP contribution >= 0.6 is 0 Å². The highest BCUT2D eigenvalue weighted by Crippen LogP contribution is 2.07. The zero-order valence-corrected chi connectivity index (χ0v) is 14.4. The molecule has 0 atom stereocenters. The van der Waals surface area contributed by atoms with Crippen molar-refractivity contribution < 1.29 is 23.6 Å². The molecule has 0 radical (unpaired) electrons. The van der Waals surface area contributed by atoms with Crippen molar-refractivity contribution in [3.05, 3.63) is 40.6 Å². The van der Waals surface area contributed by atoms with Gasteiger partial charge in [-0.25, -0.2) is 18.8 Å². The lowest BCUT2D eigenvalue weighted by atomic mass is 10.3. The van der Waals surface area contributed by atoms with Crippen molar-refractivity contribution in [3.63, 3.8) is 0 Å². The van der Waals surface area contributed by atoms with Crippen LogP contribution < -0.4 is 5.69 Å². The number of rotatable bonds is 3. The second-order valence-corrected chi connectivity index (χ2v) is 5.54. The number of carbonyl (C=O) groups is 2. The van der Waals surface area contributed by atoms with Crippen LogP contribution in [0, 0.1) is 5.82 Å². The van der Waals surface area contributed by atoms with Crippen LogP contribution in [0.5, 0.6) is 0 Å². The van der Waals surface area contributed by atoms with E-state index < -0.39 is 23.7 Å². The van der Waals surface area contributed by atoms with E-state index >= 15 is 0 Å². The molecule has 2 aromatic rings. The molecule has 1 aliphatic rings. The second kappa shape index (κ2) is 7.95. The van der Waals surface area contributed by atoms with E-state index in [0.717, 1.165) is 10.7 Å². The Morgan fingerprint density at radius 2 is 1.93 bits per heavy atom. The van der Waals surface area contributed by atoms with Gasteiger partial charge in [-0.15, -0.1) is 9.75 Å². The molecule has 1 aromatic heterocycles. The molecule has 0 bridgehead atoms. The summed E-state index contributed by atoms with van der Waals surface area (Å²) >= 11 is 0. The summed E-state index contributed by atoms with van der Waals surface area (Å²) in [6.45, 7) is 2.76. The zero-order chi connectivity index (χ0) is 19.4. The number of hydrogen-bond acceptors (Lipinski definition) is 8. The molecular weight excluding hydrogens is 363 g/mol. The van der Waals surface area contributed by atoms with Crippen molar-refractivity contribution in [1.82, 2.24) is 29.8 Å². The number of hydroxylamine groups is 2. The van der Waals surface area contributed by atoms with Gasteiger partial charge in [0.25, 0.3) is 0 Å². The van der Waals surface area contributed by atoms with Gasteiger partial charge in [-0.3, -0.25) is 0 Å². The number of ether oxygens (including phenoxy) is 1. The number of piperazine rings is 1. The fourth-order valence-corrected chi connectivity index (χ4v) is 2.49. The molecule has 1 fully saturated rings. The Hall–Kier alpha value is -3.28. The largest absolute Gasteiger partial charge is 0.527 e. The lowest BCUT2D eigenvalue weighted by Crippen LogP contribution is -2.51. The van der Waals surface area contributed by atoms with Crippen LogP contribution in [-0.2, 0) is 9.57 Å². The third-order valence-electron chi connectivity index (χ3n) is 3.79.